The average Bonchev–Trinajstić information content (AvgIpc) is 2.82. The molecule has 1 fully saturated rings. The molecule has 0 bridgehead atoms. The van der Waals surface area contributed by atoms with Crippen molar-refractivity contribution in [1.82, 2.24) is 4.90 Å². The summed E-state index contributed by atoms with van der Waals surface area (Å²) >= 11 is 0. The minimum absolute atomic E-state index is 0.0160. The van der Waals surface area contributed by atoms with Crippen molar-refractivity contribution in [1.29, 1.82) is 0 Å². The van der Waals surface area contributed by atoms with Gasteiger partial charge in [0.1, 0.15) is 5.75 Å². The molecular weight excluding hydrogens is 266 g/mol. The van der Waals surface area contributed by atoms with Gasteiger partial charge in [-0.3, -0.25) is 9.59 Å². The Bertz CT molecular complexity index is 572. The lowest BCUT2D eigenvalue weighted by atomic mass is 9.85. The fourth-order valence-corrected chi connectivity index (χ4v) is 2.65. The maximum atomic E-state index is 12.6. The zero-order chi connectivity index (χ0) is 15.8. The fraction of sp³-hybridized carbons (Fsp3) is 0.529. The number of phenolic OH excluding ortho intramolecular Hbond substituents is 1. The molecule has 1 atom stereocenters. The highest BCUT2D eigenvalue weighted by molar-refractivity contribution is 6.04. The van der Waals surface area contributed by atoms with Crippen molar-refractivity contribution in [3.63, 3.8) is 0 Å². The second-order valence-electron chi connectivity index (χ2n) is 6.71. The summed E-state index contributed by atoms with van der Waals surface area (Å²) in [6, 6.07) is 4.61. The molecule has 114 valence electrons. The predicted molar refractivity (Wildman–Crippen MR) is 81.5 cm³/mol. The molecule has 2 rings (SSSR count). The van der Waals surface area contributed by atoms with E-state index in [1.54, 1.807) is 24.0 Å². The molecule has 1 heterocycles. The largest absolute Gasteiger partial charge is 0.507 e. The summed E-state index contributed by atoms with van der Waals surface area (Å²) in [5, 5.41) is 10.0. The summed E-state index contributed by atoms with van der Waals surface area (Å²) in [6.45, 7) is 8.52. The maximum Gasteiger partial charge on any atom is 0.223 e. The Balaban J connectivity index is 2.32. The van der Waals surface area contributed by atoms with Crippen LogP contribution in [0.2, 0.25) is 0 Å². The highest BCUT2D eigenvalue weighted by atomic mass is 16.3. The second kappa shape index (κ2) is 5.51. The molecule has 1 aromatic rings. The van der Waals surface area contributed by atoms with Crippen LogP contribution in [-0.4, -0.2) is 34.3 Å². The number of phenols is 1. The number of hydrogen-bond acceptors (Lipinski definition) is 3. The second-order valence-corrected chi connectivity index (χ2v) is 6.71. The average molecular weight is 289 g/mol. The van der Waals surface area contributed by atoms with Crippen LogP contribution in [0, 0.1) is 0 Å². The third kappa shape index (κ3) is 3.09. The van der Waals surface area contributed by atoms with Crippen LogP contribution in [0.3, 0.4) is 0 Å². The molecule has 1 N–H and O–H groups in total. The topological polar surface area (TPSA) is 57.6 Å². The quantitative estimate of drug-likeness (QED) is 0.870. The van der Waals surface area contributed by atoms with Crippen molar-refractivity contribution in [3.8, 4) is 5.75 Å². The standard InChI is InChI=1S/C17H23NO3/c1-11(18-9-5-6-15(18)20)16(21)13-10-12(17(2,3)4)7-8-14(13)19/h7-8,10-11,19H,5-6,9H2,1-4H3. The molecule has 0 saturated carbocycles. The molecule has 4 heteroatoms. The van der Waals surface area contributed by atoms with E-state index in [0.717, 1.165) is 12.0 Å². The molecule has 4 nitrogen and oxygen atoms in total. The molecule has 1 amide bonds. The Labute approximate surface area is 125 Å². The minimum Gasteiger partial charge on any atom is -0.507 e. The van der Waals surface area contributed by atoms with Crippen molar-refractivity contribution in [3.05, 3.63) is 29.3 Å². The number of hydrogen-bond donors (Lipinski definition) is 1. The Kier molecular flexibility index (Phi) is 4.08. The van der Waals surface area contributed by atoms with E-state index in [1.807, 2.05) is 6.07 Å². The van der Waals surface area contributed by atoms with E-state index >= 15 is 0 Å². The Morgan fingerprint density at radius 2 is 2.00 bits per heavy atom. The maximum absolute atomic E-state index is 12.6. The monoisotopic (exact) mass is 289 g/mol. The third-order valence-corrected chi connectivity index (χ3v) is 4.08. The van der Waals surface area contributed by atoms with Crippen molar-refractivity contribution in [2.45, 2.75) is 52.0 Å². The van der Waals surface area contributed by atoms with E-state index in [1.165, 1.54) is 0 Å². The molecular formula is C17H23NO3. The first-order valence-corrected chi connectivity index (χ1v) is 7.39. The lowest BCUT2D eigenvalue weighted by Gasteiger charge is -2.25. The Morgan fingerprint density at radius 3 is 2.52 bits per heavy atom. The van der Waals surface area contributed by atoms with Crippen molar-refractivity contribution >= 4 is 11.7 Å². The van der Waals surface area contributed by atoms with E-state index in [0.29, 0.717) is 18.5 Å². The number of aromatic hydroxyl groups is 1. The van der Waals surface area contributed by atoms with Crippen LogP contribution >= 0.6 is 0 Å². The number of benzene rings is 1. The van der Waals surface area contributed by atoms with Crippen molar-refractivity contribution < 1.29 is 14.7 Å². The third-order valence-electron chi connectivity index (χ3n) is 4.08. The van der Waals surface area contributed by atoms with Gasteiger partial charge in [-0.15, -0.1) is 0 Å². The van der Waals surface area contributed by atoms with Gasteiger partial charge in [0.05, 0.1) is 11.6 Å². The summed E-state index contributed by atoms with van der Waals surface area (Å²) in [7, 11) is 0. The lowest BCUT2D eigenvalue weighted by molar-refractivity contribution is -0.128. The van der Waals surface area contributed by atoms with Gasteiger partial charge in [0.2, 0.25) is 5.91 Å². The van der Waals surface area contributed by atoms with Gasteiger partial charge < -0.3 is 10.0 Å². The van der Waals surface area contributed by atoms with Gasteiger partial charge in [-0.2, -0.15) is 0 Å². The van der Waals surface area contributed by atoms with Gasteiger partial charge >= 0.3 is 0 Å². The van der Waals surface area contributed by atoms with E-state index in [-0.39, 0.29) is 22.9 Å². The number of amides is 1. The minimum atomic E-state index is -0.527. The van der Waals surface area contributed by atoms with Crippen LogP contribution in [-0.2, 0) is 10.2 Å². The van der Waals surface area contributed by atoms with Crippen LogP contribution in [0.4, 0.5) is 0 Å². The van der Waals surface area contributed by atoms with Gasteiger partial charge in [-0.1, -0.05) is 26.8 Å². The number of rotatable bonds is 3. The molecule has 1 unspecified atom stereocenters. The van der Waals surface area contributed by atoms with Crippen molar-refractivity contribution in [2.24, 2.45) is 0 Å². The summed E-state index contributed by atoms with van der Waals surface area (Å²) < 4.78 is 0. The molecule has 0 aliphatic carbocycles. The van der Waals surface area contributed by atoms with E-state index < -0.39 is 6.04 Å². The summed E-state index contributed by atoms with van der Waals surface area (Å²) in [5.74, 6) is -0.206. The number of likely N-dealkylation sites (tertiary alicyclic amines) is 1. The van der Waals surface area contributed by atoms with Crippen LogP contribution in [0.1, 0.15) is 56.5 Å². The zero-order valence-corrected chi connectivity index (χ0v) is 13.1. The Hall–Kier alpha value is -1.84. The molecule has 21 heavy (non-hydrogen) atoms. The number of carbonyl (C=O) groups excluding carboxylic acids is 2. The molecule has 1 saturated heterocycles. The normalized spacial score (nSPS) is 17.1. The highest BCUT2D eigenvalue weighted by Gasteiger charge is 2.31. The molecule has 1 aliphatic heterocycles. The summed E-state index contributed by atoms with van der Waals surface area (Å²) in [4.78, 5) is 26.0. The van der Waals surface area contributed by atoms with Crippen LogP contribution in [0.25, 0.3) is 0 Å². The summed E-state index contributed by atoms with van der Waals surface area (Å²) in [6.07, 6.45) is 1.30. The molecule has 1 aliphatic rings. The van der Waals surface area contributed by atoms with Gasteiger partial charge in [0, 0.05) is 13.0 Å². The van der Waals surface area contributed by atoms with Gasteiger partial charge in [0.15, 0.2) is 5.78 Å². The predicted octanol–water partition coefficient (Wildman–Crippen LogP) is 2.88. The smallest absolute Gasteiger partial charge is 0.223 e. The fourth-order valence-electron chi connectivity index (χ4n) is 2.65. The first kappa shape index (κ1) is 15.5. The first-order valence-electron chi connectivity index (χ1n) is 7.39. The lowest BCUT2D eigenvalue weighted by Crippen LogP contribution is -2.39. The Morgan fingerprint density at radius 1 is 1.33 bits per heavy atom. The summed E-state index contributed by atoms with van der Waals surface area (Å²) in [5.41, 5.74) is 1.19. The SMILES string of the molecule is CC(C(=O)c1cc(C(C)(C)C)ccc1O)N1CCCC1=O. The van der Waals surface area contributed by atoms with E-state index in [2.05, 4.69) is 20.8 Å². The highest BCUT2D eigenvalue weighted by Crippen LogP contribution is 2.29. The van der Waals surface area contributed by atoms with Crippen LogP contribution in [0.15, 0.2) is 18.2 Å². The number of ketones is 1. The number of nitrogens with zero attached hydrogens (tertiary/aromatic N) is 1. The van der Waals surface area contributed by atoms with Crippen molar-refractivity contribution in [2.75, 3.05) is 6.54 Å². The van der Waals surface area contributed by atoms with Crippen LogP contribution < -0.4 is 0 Å². The van der Waals surface area contributed by atoms with Gasteiger partial charge in [0.25, 0.3) is 0 Å². The van der Waals surface area contributed by atoms with E-state index in [4.69, 9.17) is 0 Å². The molecule has 0 spiro atoms. The van der Waals surface area contributed by atoms with Crippen LogP contribution in [0.5, 0.6) is 5.75 Å². The molecule has 0 radical (unpaired) electrons. The first-order chi connectivity index (χ1) is 9.71. The van der Waals surface area contributed by atoms with E-state index in [9.17, 15) is 14.7 Å². The molecule has 1 aromatic carbocycles. The number of carbonyl (C=O) groups is 2. The van der Waals surface area contributed by atoms with Gasteiger partial charge in [-0.25, -0.2) is 0 Å². The zero-order valence-electron chi connectivity index (χ0n) is 13.1. The van der Waals surface area contributed by atoms with Gasteiger partial charge in [-0.05, 0) is 36.5 Å². The number of Topliss-reactive ketones (excluding diaryl/α,β-unsaturated/α-hetero) is 1. The molecule has 0 aromatic heterocycles.